The minimum atomic E-state index is -0.461. The van der Waals surface area contributed by atoms with E-state index in [0.717, 1.165) is 11.6 Å². The van der Waals surface area contributed by atoms with Crippen molar-refractivity contribution in [1.29, 1.82) is 0 Å². The Morgan fingerprint density at radius 1 is 1.05 bits per heavy atom. The molecule has 0 aliphatic carbocycles. The second-order valence-electron chi connectivity index (χ2n) is 4.33. The number of aromatic hydroxyl groups is 3. The molecule has 0 heterocycles. The molecule has 0 amide bonds. The predicted molar refractivity (Wildman–Crippen MR) is 77.8 cm³/mol. The number of ether oxygens (including phenoxy) is 1. The summed E-state index contributed by atoms with van der Waals surface area (Å²) in [5, 5.41) is 28.3. The molecule has 5 nitrogen and oxygen atoms in total. The summed E-state index contributed by atoms with van der Waals surface area (Å²) in [5.74, 6) is -0.780. The van der Waals surface area contributed by atoms with Gasteiger partial charge in [0.15, 0.2) is 5.78 Å². The summed E-state index contributed by atoms with van der Waals surface area (Å²) in [7, 11) is 1.34. The van der Waals surface area contributed by atoms with Crippen LogP contribution >= 0.6 is 0 Å². The van der Waals surface area contributed by atoms with Gasteiger partial charge in [0.05, 0.1) is 7.11 Å². The topological polar surface area (TPSA) is 87.0 Å². The zero-order valence-corrected chi connectivity index (χ0v) is 11.3. The van der Waals surface area contributed by atoms with Crippen molar-refractivity contribution in [1.82, 2.24) is 0 Å². The number of ketones is 1. The molecule has 108 valence electrons. The van der Waals surface area contributed by atoms with Crippen LogP contribution in [0.4, 0.5) is 0 Å². The number of hydrogen-bond acceptors (Lipinski definition) is 5. The fourth-order valence-electron chi connectivity index (χ4n) is 1.84. The van der Waals surface area contributed by atoms with E-state index in [-0.39, 0.29) is 28.6 Å². The molecule has 0 aromatic heterocycles. The Labute approximate surface area is 121 Å². The molecule has 0 saturated heterocycles. The highest BCUT2D eigenvalue weighted by Crippen LogP contribution is 2.33. The highest BCUT2D eigenvalue weighted by Gasteiger charge is 2.16. The number of methoxy groups -OCH3 is 1. The fraction of sp³-hybridized carbons (Fsp3) is 0.0625. The molecule has 0 aliphatic rings. The molecule has 0 atom stereocenters. The second kappa shape index (κ2) is 6.00. The Bertz CT molecular complexity index is 687. The summed E-state index contributed by atoms with van der Waals surface area (Å²) in [6.07, 6.45) is 2.83. The maximum Gasteiger partial charge on any atom is 0.193 e. The number of phenolic OH excluding ortho intramolecular Hbond substituents is 3. The summed E-state index contributed by atoms with van der Waals surface area (Å²) < 4.78 is 4.99. The average Bonchev–Trinajstić information content (AvgIpc) is 2.45. The molecule has 21 heavy (non-hydrogen) atoms. The molecule has 0 aliphatic heterocycles. The lowest BCUT2D eigenvalue weighted by molar-refractivity contribution is 0.104. The van der Waals surface area contributed by atoms with Gasteiger partial charge in [-0.2, -0.15) is 0 Å². The molecule has 0 fully saturated rings. The SMILES string of the molecule is COc1cc(O)cc(O)c1C(=O)C=Cc1ccc(O)cc1. The van der Waals surface area contributed by atoms with Crippen molar-refractivity contribution >= 4 is 11.9 Å². The Morgan fingerprint density at radius 2 is 1.71 bits per heavy atom. The molecule has 2 rings (SSSR count). The minimum Gasteiger partial charge on any atom is -0.508 e. The first kappa shape index (κ1) is 14.5. The van der Waals surface area contributed by atoms with E-state index in [1.54, 1.807) is 18.2 Å². The zero-order valence-electron chi connectivity index (χ0n) is 11.3. The number of carbonyl (C=O) groups is 1. The van der Waals surface area contributed by atoms with E-state index in [9.17, 15) is 20.1 Å². The van der Waals surface area contributed by atoms with Gasteiger partial charge >= 0.3 is 0 Å². The Morgan fingerprint density at radius 3 is 2.33 bits per heavy atom. The van der Waals surface area contributed by atoms with Gasteiger partial charge in [0.1, 0.15) is 28.6 Å². The molecule has 0 unspecified atom stereocenters. The van der Waals surface area contributed by atoms with E-state index in [1.165, 1.54) is 31.4 Å². The van der Waals surface area contributed by atoms with E-state index in [4.69, 9.17) is 4.74 Å². The minimum absolute atomic E-state index is 0.0228. The lowest BCUT2D eigenvalue weighted by Crippen LogP contribution is -1.99. The van der Waals surface area contributed by atoms with Gasteiger partial charge in [0.2, 0.25) is 0 Å². The molecule has 2 aromatic rings. The van der Waals surface area contributed by atoms with Crippen molar-refractivity contribution in [2.45, 2.75) is 0 Å². The van der Waals surface area contributed by atoms with Gasteiger partial charge < -0.3 is 20.1 Å². The van der Waals surface area contributed by atoms with Gasteiger partial charge in [0.25, 0.3) is 0 Å². The Hall–Kier alpha value is -2.95. The van der Waals surface area contributed by atoms with E-state index in [2.05, 4.69) is 0 Å². The lowest BCUT2D eigenvalue weighted by Gasteiger charge is -2.08. The first-order chi connectivity index (χ1) is 10.0. The van der Waals surface area contributed by atoms with Crippen molar-refractivity contribution in [2.24, 2.45) is 0 Å². The maximum absolute atomic E-state index is 12.1. The molecule has 5 heteroatoms. The van der Waals surface area contributed by atoms with Gasteiger partial charge in [-0.25, -0.2) is 0 Å². The van der Waals surface area contributed by atoms with Gasteiger partial charge in [0, 0.05) is 12.1 Å². The zero-order chi connectivity index (χ0) is 15.4. The second-order valence-corrected chi connectivity index (χ2v) is 4.33. The standard InChI is InChI=1S/C16H14O5/c1-21-15-9-12(18)8-14(20)16(15)13(19)7-4-10-2-5-11(17)6-3-10/h2-9,17-18,20H,1H3. The smallest absolute Gasteiger partial charge is 0.193 e. The monoisotopic (exact) mass is 286 g/mol. The predicted octanol–water partition coefficient (Wildman–Crippen LogP) is 2.71. The normalized spacial score (nSPS) is 10.7. The molecule has 2 aromatic carbocycles. The number of benzene rings is 2. The summed E-state index contributed by atoms with van der Waals surface area (Å²) in [6.45, 7) is 0. The van der Waals surface area contributed by atoms with Crippen LogP contribution in [0.25, 0.3) is 6.08 Å². The first-order valence-corrected chi connectivity index (χ1v) is 6.12. The molecule has 0 saturated carbocycles. The highest BCUT2D eigenvalue weighted by molar-refractivity contribution is 6.10. The molecular formula is C16H14O5. The van der Waals surface area contributed by atoms with E-state index in [0.29, 0.717) is 0 Å². The number of rotatable bonds is 4. The van der Waals surface area contributed by atoms with Crippen LogP contribution in [0.3, 0.4) is 0 Å². The van der Waals surface area contributed by atoms with Crippen LogP contribution in [0.2, 0.25) is 0 Å². The maximum atomic E-state index is 12.1. The Kier molecular flexibility index (Phi) is 4.13. The largest absolute Gasteiger partial charge is 0.508 e. The van der Waals surface area contributed by atoms with Crippen LogP contribution in [-0.2, 0) is 0 Å². The van der Waals surface area contributed by atoms with E-state index in [1.807, 2.05) is 0 Å². The Balaban J connectivity index is 2.30. The molecule has 0 spiro atoms. The van der Waals surface area contributed by atoms with Crippen LogP contribution in [0.15, 0.2) is 42.5 Å². The number of hydrogen-bond donors (Lipinski definition) is 3. The van der Waals surface area contributed by atoms with E-state index >= 15 is 0 Å². The molecular weight excluding hydrogens is 272 g/mol. The summed E-state index contributed by atoms with van der Waals surface area (Å²) in [4.78, 5) is 12.1. The van der Waals surface area contributed by atoms with Crippen LogP contribution < -0.4 is 4.74 Å². The van der Waals surface area contributed by atoms with Gasteiger partial charge in [-0.1, -0.05) is 18.2 Å². The van der Waals surface area contributed by atoms with Crippen molar-refractivity contribution in [3.05, 3.63) is 53.6 Å². The third-order valence-electron chi connectivity index (χ3n) is 2.85. The number of carbonyl (C=O) groups excluding carboxylic acids is 1. The summed E-state index contributed by atoms with van der Waals surface area (Å²) >= 11 is 0. The van der Waals surface area contributed by atoms with Crippen LogP contribution in [0, 0.1) is 0 Å². The van der Waals surface area contributed by atoms with E-state index < -0.39 is 5.78 Å². The number of allylic oxidation sites excluding steroid dienone is 1. The van der Waals surface area contributed by atoms with Crippen molar-refractivity contribution in [2.75, 3.05) is 7.11 Å². The number of phenols is 3. The van der Waals surface area contributed by atoms with Gasteiger partial charge in [-0.15, -0.1) is 0 Å². The first-order valence-electron chi connectivity index (χ1n) is 6.12. The fourth-order valence-corrected chi connectivity index (χ4v) is 1.84. The quantitative estimate of drug-likeness (QED) is 0.594. The summed E-state index contributed by atoms with van der Waals surface area (Å²) in [5.41, 5.74) is 0.698. The van der Waals surface area contributed by atoms with Gasteiger partial charge in [-0.3, -0.25) is 4.79 Å². The van der Waals surface area contributed by atoms with Crippen molar-refractivity contribution in [3.8, 4) is 23.0 Å². The van der Waals surface area contributed by atoms with Crippen LogP contribution in [-0.4, -0.2) is 28.2 Å². The lowest BCUT2D eigenvalue weighted by atomic mass is 10.1. The van der Waals surface area contributed by atoms with Gasteiger partial charge in [-0.05, 0) is 23.8 Å². The van der Waals surface area contributed by atoms with Crippen LogP contribution in [0.1, 0.15) is 15.9 Å². The highest BCUT2D eigenvalue weighted by atomic mass is 16.5. The molecule has 0 radical (unpaired) electrons. The summed E-state index contributed by atoms with van der Waals surface area (Å²) in [6, 6.07) is 8.62. The van der Waals surface area contributed by atoms with Crippen LogP contribution in [0.5, 0.6) is 23.0 Å². The third kappa shape index (κ3) is 3.33. The molecule has 0 bridgehead atoms. The van der Waals surface area contributed by atoms with Crippen molar-refractivity contribution in [3.63, 3.8) is 0 Å². The van der Waals surface area contributed by atoms with Crippen molar-refractivity contribution < 1.29 is 24.9 Å². The molecule has 3 N–H and O–H groups in total. The third-order valence-corrected chi connectivity index (χ3v) is 2.85. The average molecular weight is 286 g/mol.